The van der Waals surface area contributed by atoms with E-state index in [9.17, 15) is 9.59 Å². The molecule has 1 aliphatic heterocycles. The molecule has 1 amide bonds. The Balaban J connectivity index is 0.00000192. The number of carboxylic acids is 1. The first-order valence-electron chi connectivity index (χ1n) is 7.10. The molecular formula is C16H18ClNO4S. The van der Waals surface area contributed by atoms with Gasteiger partial charge in [0.05, 0.1) is 17.9 Å². The van der Waals surface area contributed by atoms with Gasteiger partial charge in [-0.2, -0.15) is 0 Å². The number of carbonyl (C=O) groups is 2. The van der Waals surface area contributed by atoms with Crippen LogP contribution in [0.5, 0.6) is 5.75 Å². The number of methoxy groups -OCH3 is 1. The lowest BCUT2D eigenvalue weighted by atomic mass is 10.1. The molecule has 5 nitrogen and oxygen atoms in total. The zero-order valence-electron chi connectivity index (χ0n) is 12.9. The highest BCUT2D eigenvalue weighted by Gasteiger charge is 2.32. The van der Waals surface area contributed by atoms with Crippen molar-refractivity contribution in [3.63, 3.8) is 0 Å². The summed E-state index contributed by atoms with van der Waals surface area (Å²) in [5.74, 6) is -0.576. The molecule has 23 heavy (non-hydrogen) atoms. The van der Waals surface area contributed by atoms with Crippen LogP contribution in [-0.4, -0.2) is 42.1 Å². The molecule has 1 saturated heterocycles. The molecule has 1 aromatic heterocycles. The predicted molar refractivity (Wildman–Crippen MR) is 92.0 cm³/mol. The molecule has 0 radical (unpaired) electrons. The van der Waals surface area contributed by atoms with E-state index in [1.165, 1.54) is 11.3 Å². The van der Waals surface area contributed by atoms with Gasteiger partial charge >= 0.3 is 5.97 Å². The lowest BCUT2D eigenvalue weighted by Crippen LogP contribution is -2.29. The minimum atomic E-state index is -0.826. The Labute approximate surface area is 144 Å². The topological polar surface area (TPSA) is 66.8 Å². The zero-order chi connectivity index (χ0) is 15.9. The van der Waals surface area contributed by atoms with Gasteiger partial charge in [0.2, 0.25) is 0 Å². The van der Waals surface area contributed by atoms with Crippen LogP contribution in [0.15, 0.2) is 18.2 Å². The molecule has 3 rings (SSSR count). The van der Waals surface area contributed by atoms with Gasteiger partial charge in [0.25, 0.3) is 5.91 Å². The highest BCUT2D eigenvalue weighted by Crippen LogP contribution is 2.34. The average molecular weight is 356 g/mol. The second kappa shape index (κ2) is 6.76. The molecule has 0 aliphatic carbocycles. The number of hydrogen-bond acceptors (Lipinski definition) is 4. The number of hydrogen-bond donors (Lipinski definition) is 1. The van der Waals surface area contributed by atoms with Crippen molar-refractivity contribution in [3.05, 3.63) is 28.6 Å². The number of amides is 1. The van der Waals surface area contributed by atoms with E-state index in [0.717, 1.165) is 21.4 Å². The molecule has 1 fully saturated rings. The number of aliphatic carboxylic acids is 1. The van der Waals surface area contributed by atoms with E-state index < -0.39 is 11.9 Å². The number of rotatable bonds is 3. The molecule has 2 heterocycles. The van der Waals surface area contributed by atoms with E-state index in [1.807, 2.05) is 25.1 Å². The highest BCUT2D eigenvalue weighted by molar-refractivity contribution is 7.21. The van der Waals surface area contributed by atoms with Crippen LogP contribution in [-0.2, 0) is 4.79 Å². The normalized spacial score (nSPS) is 17.1. The Morgan fingerprint density at radius 2 is 2.13 bits per heavy atom. The monoisotopic (exact) mass is 355 g/mol. The molecule has 0 spiro atoms. The van der Waals surface area contributed by atoms with Crippen molar-refractivity contribution in [2.24, 2.45) is 5.92 Å². The third-order valence-electron chi connectivity index (χ3n) is 4.16. The molecule has 1 aromatic carbocycles. The number of fused-ring (bicyclic) bond motifs is 1. The van der Waals surface area contributed by atoms with E-state index in [1.54, 1.807) is 12.0 Å². The summed E-state index contributed by atoms with van der Waals surface area (Å²) >= 11 is 1.45. The average Bonchev–Trinajstić information content (AvgIpc) is 3.12. The lowest BCUT2D eigenvalue weighted by molar-refractivity contribution is -0.141. The molecule has 0 saturated carbocycles. The number of nitrogens with zero attached hydrogens (tertiary/aromatic N) is 1. The number of halogens is 1. The molecule has 124 valence electrons. The molecule has 7 heteroatoms. The highest BCUT2D eigenvalue weighted by atomic mass is 35.5. The molecule has 1 unspecified atom stereocenters. The van der Waals surface area contributed by atoms with Crippen LogP contribution in [0.2, 0.25) is 0 Å². The van der Waals surface area contributed by atoms with Gasteiger partial charge in [0.1, 0.15) is 5.75 Å². The molecule has 1 aliphatic rings. The lowest BCUT2D eigenvalue weighted by Gasteiger charge is -2.15. The second-order valence-electron chi connectivity index (χ2n) is 5.49. The summed E-state index contributed by atoms with van der Waals surface area (Å²) in [6.07, 6.45) is 0.527. The van der Waals surface area contributed by atoms with E-state index in [0.29, 0.717) is 24.4 Å². The minimum Gasteiger partial charge on any atom is -0.497 e. The third kappa shape index (κ3) is 3.14. The molecular weight excluding hydrogens is 338 g/mol. The van der Waals surface area contributed by atoms with E-state index in [2.05, 4.69) is 0 Å². The summed E-state index contributed by atoms with van der Waals surface area (Å²) in [5, 5.41) is 10.1. The first kappa shape index (κ1) is 17.6. The van der Waals surface area contributed by atoms with Crippen molar-refractivity contribution in [1.82, 2.24) is 4.90 Å². The van der Waals surface area contributed by atoms with Crippen LogP contribution in [0.25, 0.3) is 10.1 Å². The first-order valence-corrected chi connectivity index (χ1v) is 7.92. The number of thiophene rings is 1. The van der Waals surface area contributed by atoms with Crippen molar-refractivity contribution >= 4 is 45.7 Å². The standard InChI is InChI=1S/C16H17NO4S.ClH/c1-9-12-7-11(21-2)3-4-13(12)22-14(9)15(18)17-6-5-10(8-17)16(19)20;/h3-4,7,10H,5-6,8H2,1-2H3,(H,19,20);1H. The van der Waals surface area contributed by atoms with Crippen LogP contribution >= 0.6 is 23.7 Å². The van der Waals surface area contributed by atoms with Crippen LogP contribution < -0.4 is 4.74 Å². The number of likely N-dealkylation sites (tertiary alicyclic amines) is 1. The summed E-state index contributed by atoms with van der Waals surface area (Å²) < 4.78 is 6.27. The molecule has 2 aromatic rings. The molecule has 1 N–H and O–H groups in total. The van der Waals surface area contributed by atoms with Crippen LogP contribution in [0.3, 0.4) is 0 Å². The van der Waals surface area contributed by atoms with Gasteiger partial charge in [0, 0.05) is 17.8 Å². The quantitative estimate of drug-likeness (QED) is 0.918. The Bertz CT molecular complexity index is 758. The SMILES string of the molecule is COc1ccc2sc(C(=O)N3CCC(C(=O)O)C3)c(C)c2c1.Cl. The fraction of sp³-hybridized carbons (Fsp3) is 0.375. The maximum absolute atomic E-state index is 12.7. The first-order chi connectivity index (χ1) is 10.5. The van der Waals surface area contributed by atoms with Crippen LogP contribution in [0.4, 0.5) is 0 Å². The van der Waals surface area contributed by atoms with Crippen molar-refractivity contribution in [2.45, 2.75) is 13.3 Å². The summed E-state index contributed by atoms with van der Waals surface area (Å²) in [6, 6.07) is 5.76. The van der Waals surface area contributed by atoms with E-state index >= 15 is 0 Å². The number of carbonyl (C=O) groups excluding carboxylic acids is 1. The van der Waals surface area contributed by atoms with Crippen molar-refractivity contribution < 1.29 is 19.4 Å². The number of carboxylic acid groups (broad SMARTS) is 1. The fourth-order valence-electron chi connectivity index (χ4n) is 2.82. The van der Waals surface area contributed by atoms with Gasteiger partial charge in [-0.3, -0.25) is 9.59 Å². The van der Waals surface area contributed by atoms with Crippen LogP contribution in [0.1, 0.15) is 21.7 Å². The van der Waals surface area contributed by atoms with Gasteiger partial charge in [0.15, 0.2) is 0 Å². The van der Waals surface area contributed by atoms with Crippen LogP contribution in [0, 0.1) is 12.8 Å². The summed E-state index contributed by atoms with van der Waals surface area (Å²) in [5.41, 5.74) is 0.933. The van der Waals surface area contributed by atoms with Crippen molar-refractivity contribution in [2.75, 3.05) is 20.2 Å². The van der Waals surface area contributed by atoms with Gasteiger partial charge in [-0.15, -0.1) is 23.7 Å². The minimum absolute atomic E-state index is 0. The molecule has 1 atom stereocenters. The number of benzene rings is 1. The summed E-state index contributed by atoms with van der Waals surface area (Å²) in [6.45, 7) is 2.73. The maximum atomic E-state index is 12.7. The van der Waals surface area contributed by atoms with Crippen molar-refractivity contribution in [3.8, 4) is 5.75 Å². The summed E-state index contributed by atoms with van der Waals surface area (Å²) in [7, 11) is 1.62. The Hall–Kier alpha value is -1.79. The maximum Gasteiger partial charge on any atom is 0.308 e. The van der Waals surface area contributed by atoms with Gasteiger partial charge in [-0.1, -0.05) is 0 Å². The largest absolute Gasteiger partial charge is 0.497 e. The zero-order valence-corrected chi connectivity index (χ0v) is 14.5. The smallest absolute Gasteiger partial charge is 0.308 e. The van der Waals surface area contributed by atoms with E-state index in [4.69, 9.17) is 9.84 Å². The van der Waals surface area contributed by atoms with Gasteiger partial charge in [-0.25, -0.2) is 0 Å². The molecule has 0 bridgehead atoms. The Kier molecular flexibility index (Phi) is 5.16. The number of aryl methyl sites for hydroxylation is 1. The fourth-order valence-corrected chi connectivity index (χ4v) is 3.98. The predicted octanol–water partition coefficient (Wildman–Crippen LogP) is 3.19. The van der Waals surface area contributed by atoms with Gasteiger partial charge < -0.3 is 14.7 Å². The second-order valence-corrected chi connectivity index (χ2v) is 6.55. The van der Waals surface area contributed by atoms with Crippen molar-refractivity contribution in [1.29, 1.82) is 0 Å². The van der Waals surface area contributed by atoms with E-state index in [-0.39, 0.29) is 18.3 Å². The Morgan fingerprint density at radius 1 is 1.39 bits per heavy atom. The van der Waals surface area contributed by atoms with Gasteiger partial charge in [-0.05, 0) is 42.5 Å². The summed E-state index contributed by atoms with van der Waals surface area (Å²) in [4.78, 5) is 26.0. The third-order valence-corrected chi connectivity index (χ3v) is 5.42. The Morgan fingerprint density at radius 3 is 2.74 bits per heavy atom. The number of ether oxygens (including phenoxy) is 1.